The van der Waals surface area contributed by atoms with Crippen LogP contribution in [-0.4, -0.2) is 25.1 Å². The minimum atomic E-state index is -0.356. The van der Waals surface area contributed by atoms with Crippen LogP contribution in [0.3, 0.4) is 0 Å². The van der Waals surface area contributed by atoms with E-state index in [2.05, 4.69) is 5.32 Å². The Morgan fingerprint density at radius 2 is 1.96 bits per heavy atom. The summed E-state index contributed by atoms with van der Waals surface area (Å²) in [5.74, 6) is 0.0391. The molecule has 26 heavy (non-hydrogen) atoms. The zero-order valence-corrected chi connectivity index (χ0v) is 15.9. The number of hydrogen-bond acceptors (Lipinski definition) is 5. The van der Waals surface area contributed by atoms with Crippen molar-refractivity contribution in [1.82, 2.24) is 0 Å². The van der Waals surface area contributed by atoms with E-state index < -0.39 is 0 Å². The average Bonchev–Trinajstić information content (AvgIpc) is 3.00. The van der Waals surface area contributed by atoms with Crippen LogP contribution in [0.2, 0.25) is 0 Å². The second-order valence-electron chi connectivity index (χ2n) is 6.05. The summed E-state index contributed by atoms with van der Waals surface area (Å²) in [6.07, 6.45) is 3.97. The molecule has 1 heterocycles. The molecule has 2 aromatic rings. The first-order valence-corrected chi connectivity index (χ1v) is 9.81. The highest BCUT2D eigenvalue weighted by Gasteiger charge is 2.27. The summed E-state index contributed by atoms with van der Waals surface area (Å²) >= 11 is 1.49. The molecule has 1 aromatic heterocycles. The Morgan fingerprint density at radius 1 is 1.15 bits per heavy atom. The maximum atomic E-state index is 12.7. The van der Waals surface area contributed by atoms with Crippen LogP contribution in [0.25, 0.3) is 0 Å². The fraction of sp³-hybridized carbons (Fsp3) is 0.400. The molecule has 1 aliphatic carbocycles. The molecule has 0 fully saturated rings. The Morgan fingerprint density at radius 3 is 2.73 bits per heavy atom. The Bertz CT molecular complexity index is 812. The number of fused-ring (bicyclic) bond motifs is 1. The number of nitrogens with one attached hydrogen (secondary N) is 1. The molecule has 1 amide bonds. The molecule has 0 aliphatic heterocycles. The normalized spacial score (nSPS) is 13.0. The van der Waals surface area contributed by atoms with E-state index in [-0.39, 0.29) is 11.9 Å². The Hall–Kier alpha value is -2.34. The Kier molecular flexibility index (Phi) is 5.93. The van der Waals surface area contributed by atoms with Crippen molar-refractivity contribution in [3.63, 3.8) is 0 Å². The molecule has 1 aliphatic rings. The van der Waals surface area contributed by atoms with E-state index in [1.807, 2.05) is 13.0 Å². The highest BCUT2D eigenvalue weighted by atomic mass is 32.1. The molecule has 0 radical (unpaired) electrons. The standard InChI is InChI=1S/C20H23NO4S/c1-3-24-14-9-7-8-13(12-14)18(22)21-19-17(20(23)25-4-2)15-10-5-6-11-16(15)26-19/h7-9,12H,3-6,10-11H2,1-2H3,(H,21,22). The molecule has 0 atom stereocenters. The number of amides is 1. The van der Waals surface area contributed by atoms with E-state index in [4.69, 9.17) is 9.47 Å². The van der Waals surface area contributed by atoms with Crippen LogP contribution in [0.1, 0.15) is 57.8 Å². The molecule has 0 spiro atoms. The Labute approximate surface area is 157 Å². The molecular formula is C20H23NO4S. The average molecular weight is 373 g/mol. The van der Waals surface area contributed by atoms with Crippen LogP contribution in [-0.2, 0) is 17.6 Å². The van der Waals surface area contributed by atoms with Crippen molar-refractivity contribution in [3.05, 3.63) is 45.8 Å². The number of aryl methyl sites for hydroxylation is 1. The maximum absolute atomic E-state index is 12.7. The third-order valence-electron chi connectivity index (χ3n) is 4.29. The van der Waals surface area contributed by atoms with Crippen molar-refractivity contribution in [2.45, 2.75) is 39.5 Å². The number of ether oxygens (including phenoxy) is 2. The number of benzene rings is 1. The number of thiophene rings is 1. The van der Waals surface area contributed by atoms with Crippen LogP contribution in [0.5, 0.6) is 5.75 Å². The van der Waals surface area contributed by atoms with E-state index in [0.717, 1.165) is 31.2 Å². The molecule has 0 saturated carbocycles. The summed E-state index contributed by atoms with van der Waals surface area (Å²) in [6, 6.07) is 7.03. The predicted molar refractivity (Wildman–Crippen MR) is 102 cm³/mol. The lowest BCUT2D eigenvalue weighted by Crippen LogP contribution is -2.15. The van der Waals surface area contributed by atoms with Crippen LogP contribution in [0.15, 0.2) is 24.3 Å². The lowest BCUT2D eigenvalue weighted by atomic mass is 9.95. The van der Waals surface area contributed by atoms with Gasteiger partial charge in [0.25, 0.3) is 5.91 Å². The summed E-state index contributed by atoms with van der Waals surface area (Å²) in [7, 11) is 0. The van der Waals surface area contributed by atoms with Crippen molar-refractivity contribution in [2.75, 3.05) is 18.5 Å². The highest BCUT2D eigenvalue weighted by molar-refractivity contribution is 7.17. The Balaban J connectivity index is 1.89. The van der Waals surface area contributed by atoms with Crippen LogP contribution < -0.4 is 10.1 Å². The van der Waals surface area contributed by atoms with E-state index in [1.54, 1.807) is 25.1 Å². The molecule has 1 aromatic carbocycles. The van der Waals surface area contributed by atoms with Gasteiger partial charge in [-0.2, -0.15) is 0 Å². The van der Waals surface area contributed by atoms with Gasteiger partial charge in [-0.1, -0.05) is 6.07 Å². The molecule has 6 heteroatoms. The molecule has 3 rings (SSSR count). The van der Waals surface area contributed by atoms with Crippen molar-refractivity contribution < 1.29 is 19.1 Å². The van der Waals surface area contributed by atoms with E-state index in [9.17, 15) is 9.59 Å². The van der Waals surface area contributed by atoms with Gasteiger partial charge in [0.05, 0.1) is 18.8 Å². The largest absolute Gasteiger partial charge is 0.494 e. The van der Waals surface area contributed by atoms with Crippen LogP contribution in [0, 0.1) is 0 Å². The minimum Gasteiger partial charge on any atom is -0.494 e. The SMILES string of the molecule is CCOC(=O)c1c(NC(=O)c2cccc(OCC)c2)sc2c1CCCC2. The zero-order chi connectivity index (χ0) is 18.5. The highest BCUT2D eigenvalue weighted by Crippen LogP contribution is 2.38. The van der Waals surface area contributed by atoms with Gasteiger partial charge in [0.15, 0.2) is 0 Å². The van der Waals surface area contributed by atoms with E-state index >= 15 is 0 Å². The minimum absolute atomic E-state index is 0.254. The number of esters is 1. The first-order chi connectivity index (χ1) is 12.6. The van der Waals surface area contributed by atoms with Gasteiger partial charge in [-0.15, -0.1) is 11.3 Å². The molecule has 0 bridgehead atoms. The number of anilines is 1. The summed E-state index contributed by atoms with van der Waals surface area (Å²) in [6.45, 7) is 4.53. The number of hydrogen-bond donors (Lipinski definition) is 1. The number of carbonyl (C=O) groups excluding carboxylic acids is 2. The van der Waals surface area contributed by atoms with Gasteiger partial charge in [0.2, 0.25) is 0 Å². The summed E-state index contributed by atoms with van der Waals surface area (Å²) < 4.78 is 10.7. The second-order valence-corrected chi connectivity index (χ2v) is 7.16. The topological polar surface area (TPSA) is 64.6 Å². The molecule has 5 nitrogen and oxygen atoms in total. The molecule has 0 saturated heterocycles. The first-order valence-electron chi connectivity index (χ1n) is 8.99. The third-order valence-corrected chi connectivity index (χ3v) is 5.49. The van der Waals surface area contributed by atoms with Crippen molar-refractivity contribution in [2.24, 2.45) is 0 Å². The summed E-state index contributed by atoms with van der Waals surface area (Å²) in [5.41, 5.74) is 2.07. The summed E-state index contributed by atoms with van der Waals surface area (Å²) in [5, 5.41) is 3.50. The summed E-state index contributed by atoms with van der Waals surface area (Å²) in [4.78, 5) is 26.4. The van der Waals surface area contributed by atoms with Gasteiger partial charge < -0.3 is 14.8 Å². The first kappa shape index (κ1) is 18.5. The fourth-order valence-electron chi connectivity index (χ4n) is 3.14. The van der Waals surface area contributed by atoms with Crippen LogP contribution >= 0.6 is 11.3 Å². The van der Waals surface area contributed by atoms with Gasteiger partial charge in [-0.25, -0.2) is 4.79 Å². The van der Waals surface area contributed by atoms with Gasteiger partial charge in [0, 0.05) is 10.4 Å². The smallest absolute Gasteiger partial charge is 0.341 e. The number of rotatable bonds is 6. The zero-order valence-electron chi connectivity index (χ0n) is 15.1. The monoisotopic (exact) mass is 373 g/mol. The van der Waals surface area contributed by atoms with E-state index in [1.165, 1.54) is 16.2 Å². The van der Waals surface area contributed by atoms with Crippen molar-refractivity contribution >= 4 is 28.2 Å². The third kappa shape index (κ3) is 3.90. The molecule has 138 valence electrons. The lowest BCUT2D eigenvalue weighted by Gasteiger charge is -2.12. The van der Waals surface area contributed by atoms with Gasteiger partial charge >= 0.3 is 5.97 Å². The van der Waals surface area contributed by atoms with Gasteiger partial charge in [-0.05, 0) is 63.3 Å². The quantitative estimate of drug-likeness (QED) is 0.760. The van der Waals surface area contributed by atoms with Crippen LogP contribution in [0.4, 0.5) is 5.00 Å². The maximum Gasteiger partial charge on any atom is 0.341 e. The molecule has 1 N–H and O–H groups in total. The fourth-order valence-corrected chi connectivity index (χ4v) is 4.41. The lowest BCUT2D eigenvalue weighted by molar-refractivity contribution is 0.0526. The van der Waals surface area contributed by atoms with E-state index in [0.29, 0.717) is 35.1 Å². The predicted octanol–water partition coefficient (Wildman–Crippen LogP) is 4.45. The van der Waals surface area contributed by atoms with Crippen molar-refractivity contribution in [1.29, 1.82) is 0 Å². The molecule has 0 unspecified atom stereocenters. The molecular weight excluding hydrogens is 350 g/mol. The number of carbonyl (C=O) groups is 2. The second kappa shape index (κ2) is 8.36. The van der Waals surface area contributed by atoms with Gasteiger partial charge in [0.1, 0.15) is 10.8 Å². The van der Waals surface area contributed by atoms with Gasteiger partial charge in [-0.3, -0.25) is 4.79 Å². The van der Waals surface area contributed by atoms with Crippen molar-refractivity contribution in [3.8, 4) is 5.75 Å².